The van der Waals surface area contributed by atoms with E-state index in [1.54, 1.807) is 0 Å². The molecule has 6 aromatic carbocycles. The van der Waals surface area contributed by atoms with Gasteiger partial charge >= 0.3 is 0 Å². The summed E-state index contributed by atoms with van der Waals surface area (Å²) in [4.78, 5) is 2.46. The van der Waals surface area contributed by atoms with Crippen molar-refractivity contribution in [2.75, 3.05) is 4.90 Å². The Kier molecular flexibility index (Phi) is 11.1. The minimum Gasteiger partial charge on any atom is -0.310 e. The van der Waals surface area contributed by atoms with Crippen LogP contribution in [0.2, 0.25) is 0 Å². The topological polar surface area (TPSA) is 3.24 Å². The first kappa shape index (κ1) is 37.1. The molecule has 0 bridgehead atoms. The molecule has 1 nitrogen and oxygen atoms in total. The highest BCUT2D eigenvalue weighted by atomic mass is 15.1. The maximum atomic E-state index is 4.23. The molecular formula is C54H51N. The Morgan fingerprint density at radius 1 is 0.636 bits per heavy atom. The number of benzene rings is 6. The number of rotatable bonds is 10. The molecule has 0 aromatic heterocycles. The zero-order valence-electron chi connectivity index (χ0n) is 33.2. The van der Waals surface area contributed by atoms with Gasteiger partial charge in [-0.05, 0) is 169 Å². The second-order valence-electron chi connectivity index (χ2n) is 14.7. The van der Waals surface area contributed by atoms with Gasteiger partial charge in [0.2, 0.25) is 0 Å². The Morgan fingerprint density at radius 3 is 2.04 bits per heavy atom. The van der Waals surface area contributed by atoms with E-state index < -0.39 is 0 Å². The number of nitrogens with zero attached hydrogens (tertiary/aromatic N) is 1. The summed E-state index contributed by atoms with van der Waals surface area (Å²) in [5.74, 6) is 0. The van der Waals surface area contributed by atoms with E-state index in [0.717, 1.165) is 35.5 Å². The molecule has 0 atom stereocenters. The maximum absolute atomic E-state index is 4.23. The zero-order chi connectivity index (χ0) is 38.5. The molecule has 55 heavy (non-hydrogen) atoms. The predicted octanol–water partition coefficient (Wildman–Crippen LogP) is 15.7. The molecule has 0 saturated heterocycles. The molecule has 1 heteroatoms. The van der Waals surface area contributed by atoms with Crippen molar-refractivity contribution in [3.8, 4) is 33.4 Å². The fourth-order valence-corrected chi connectivity index (χ4v) is 8.07. The summed E-state index contributed by atoms with van der Waals surface area (Å²) >= 11 is 0. The van der Waals surface area contributed by atoms with Crippen LogP contribution in [-0.4, -0.2) is 0 Å². The summed E-state index contributed by atoms with van der Waals surface area (Å²) in [7, 11) is 0. The summed E-state index contributed by atoms with van der Waals surface area (Å²) < 4.78 is 0. The predicted molar refractivity (Wildman–Crippen MR) is 240 cm³/mol. The van der Waals surface area contributed by atoms with Gasteiger partial charge in [-0.1, -0.05) is 134 Å². The summed E-state index contributed by atoms with van der Waals surface area (Å²) in [5, 5.41) is 0. The van der Waals surface area contributed by atoms with Crippen molar-refractivity contribution in [2.24, 2.45) is 0 Å². The fraction of sp³-hybridized carbons (Fsp3) is 0.148. The van der Waals surface area contributed by atoms with Crippen LogP contribution in [0.15, 0.2) is 176 Å². The number of anilines is 3. The Bertz CT molecular complexity index is 2480. The second kappa shape index (κ2) is 16.5. The van der Waals surface area contributed by atoms with Gasteiger partial charge in [0.15, 0.2) is 0 Å². The fourth-order valence-electron chi connectivity index (χ4n) is 8.07. The lowest BCUT2D eigenvalue weighted by Gasteiger charge is -2.30. The van der Waals surface area contributed by atoms with Gasteiger partial charge in [0.25, 0.3) is 0 Å². The molecule has 0 aliphatic heterocycles. The lowest BCUT2D eigenvalue weighted by atomic mass is 9.88. The minimum absolute atomic E-state index is 1.06. The highest BCUT2D eigenvalue weighted by molar-refractivity contribution is 5.94. The van der Waals surface area contributed by atoms with Gasteiger partial charge in [-0.2, -0.15) is 0 Å². The molecule has 7 rings (SSSR count). The SMILES string of the molecule is C=C/C(=C(C)\C=C/C)c1cccc(-c2c(C)cccc2N(c2ccc(C3=CC=CCC3)cc2)c2ccc(C)c(-c3cc(-c4ccccc4)ccc3C)c2)c1C. The van der Waals surface area contributed by atoms with Crippen LogP contribution in [0.4, 0.5) is 17.1 Å². The highest BCUT2D eigenvalue weighted by Gasteiger charge is 2.22. The monoisotopic (exact) mass is 713 g/mol. The van der Waals surface area contributed by atoms with Crippen molar-refractivity contribution in [1.29, 1.82) is 0 Å². The van der Waals surface area contributed by atoms with E-state index in [9.17, 15) is 0 Å². The van der Waals surface area contributed by atoms with Crippen LogP contribution in [0, 0.1) is 27.7 Å². The first-order valence-corrected chi connectivity index (χ1v) is 19.5. The smallest absolute Gasteiger partial charge is 0.0542 e. The van der Waals surface area contributed by atoms with E-state index in [2.05, 4.69) is 211 Å². The lowest BCUT2D eigenvalue weighted by molar-refractivity contribution is 1.05. The van der Waals surface area contributed by atoms with Crippen LogP contribution in [0.3, 0.4) is 0 Å². The Morgan fingerprint density at radius 2 is 1.33 bits per heavy atom. The van der Waals surface area contributed by atoms with Crippen LogP contribution in [0.5, 0.6) is 0 Å². The number of hydrogen-bond acceptors (Lipinski definition) is 1. The van der Waals surface area contributed by atoms with Gasteiger partial charge in [0.05, 0.1) is 5.69 Å². The molecule has 272 valence electrons. The molecule has 0 N–H and O–H groups in total. The first-order valence-electron chi connectivity index (χ1n) is 19.5. The third kappa shape index (κ3) is 7.62. The van der Waals surface area contributed by atoms with E-state index in [1.807, 2.05) is 6.08 Å². The van der Waals surface area contributed by atoms with Gasteiger partial charge in [-0.15, -0.1) is 0 Å². The van der Waals surface area contributed by atoms with Crippen LogP contribution in [0.1, 0.15) is 60.1 Å². The van der Waals surface area contributed by atoms with Crippen LogP contribution in [0.25, 0.3) is 44.5 Å². The third-order valence-electron chi connectivity index (χ3n) is 11.1. The van der Waals surface area contributed by atoms with Gasteiger partial charge < -0.3 is 4.90 Å². The van der Waals surface area contributed by atoms with Crippen LogP contribution < -0.4 is 4.90 Å². The lowest BCUT2D eigenvalue weighted by Crippen LogP contribution is -2.12. The van der Waals surface area contributed by atoms with Gasteiger partial charge in [0.1, 0.15) is 0 Å². The van der Waals surface area contributed by atoms with Crippen molar-refractivity contribution < 1.29 is 0 Å². The van der Waals surface area contributed by atoms with E-state index >= 15 is 0 Å². The number of aryl methyl sites for hydroxylation is 3. The van der Waals surface area contributed by atoms with Crippen molar-refractivity contribution in [3.05, 3.63) is 209 Å². The Hall–Kier alpha value is -6.18. The third-order valence-corrected chi connectivity index (χ3v) is 11.1. The summed E-state index contributed by atoms with van der Waals surface area (Å²) in [6.07, 6.45) is 15.1. The van der Waals surface area contributed by atoms with E-state index in [4.69, 9.17) is 0 Å². The molecule has 0 heterocycles. The molecule has 6 aromatic rings. The summed E-state index contributed by atoms with van der Waals surface area (Å²) in [6.45, 7) is 17.4. The molecule has 1 aliphatic rings. The molecule has 0 radical (unpaired) electrons. The minimum atomic E-state index is 1.06. The summed E-state index contributed by atoms with van der Waals surface area (Å²) in [5.41, 5.74) is 22.0. The Labute approximate surface area is 329 Å². The molecule has 0 amide bonds. The average molecular weight is 714 g/mol. The van der Waals surface area contributed by atoms with Crippen molar-refractivity contribution in [1.82, 2.24) is 0 Å². The van der Waals surface area contributed by atoms with Crippen LogP contribution >= 0.6 is 0 Å². The van der Waals surface area contributed by atoms with Gasteiger partial charge in [-0.3, -0.25) is 0 Å². The van der Waals surface area contributed by atoms with Gasteiger partial charge in [0, 0.05) is 16.9 Å². The normalized spacial score (nSPS) is 13.1. The van der Waals surface area contributed by atoms with E-state index in [-0.39, 0.29) is 0 Å². The molecule has 1 aliphatic carbocycles. The van der Waals surface area contributed by atoms with Crippen molar-refractivity contribution in [3.63, 3.8) is 0 Å². The molecular weight excluding hydrogens is 663 g/mol. The van der Waals surface area contributed by atoms with Crippen molar-refractivity contribution in [2.45, 2.75) is 54.4 Å². The second-order valence-corrected chi connectivity index (χ2v) is 14.7. The number of hydrogen-bond donors (Lipinski definition) is 0. The highest BCUT2D eigenvalue weighted by Crippen LogP contribution is 2.46. The maximum Gasteiger partial charge on any atom is 0.0542 e. The average Bonchev–Trinajstić information content (AvgIpc) is 3.21. The molecule has 0 fully saturated rings. The summed E-state index contributed by atoms with van der Waals surface area (Å²) in [6, 6.07) is 47.1. The quantitative estimate of drug-likeness (QED) is 0.128. The molecule has 0 unspecified atom stereocenters. The van der Waals surface area contributed by atoms with E-state index in [1.165, 1.54) is 77.9 Å². The van der Waals surface area contributed by atoms with Crippen LogP contribution in [-0.2, 0) is 0 Å². The van der Waals surface area contributed by atoms with Crippen molar-refractivity contribution >= 4 is 28.2 Å². The largest absolute Gasteiger partial charge is 0.310 e. The van der Waals surface area contributed by atoms with Gasteiger partial charge in [-0.25, -0.2) is 0 Å². The molecule has 0 spiro atoms. The standard InChI is InChI=1S/C54H51N/c1-8-18-37(3)48(9-2)49-24-17-25-50(41(49)7)54-40(6)19-16-26-53(54)55(46-33-30-44(31-34-46)42-20-12-10-13-21-42)47-32-28-39(5)52(36-47)51-35-45(29-27-38(51)4)43-22-14-11-15-23-43/h8-12,14-20,22-36H,2,13,21H2,1,3-7H3/b18-8-,48-37+. The molecule has 0 saturated carbocycles. The Balaban J connectivity index is 1.45. The van der Waals surface area contributed by atoms with E-state index in [0.29, 0.717) is 0 Å². The first-order chi connectivity index (χ1) is 26.8. The number of allylic oxidation sites excluding steroid dienone is 9. The zero-order valence-corrected chi connectivity index (χ0v) is 33.2.